The Balaban J connectivity index is 1.36. The molecule has 0 N–H and O–H groups in total. The van der Waals surface area contributed by atoms with E-state index in [2.05, 4.69) is 0 Å². The van der Waals surface area contributed by atoms with Gasteiger partial charge in [-0.3, -0.25) is 0 Å². The monoisotopic (exact) mass is 588 g/mol. The maximum Gasteiger partial charge on any atom is 0.136 e. The first-order chi connectivity index (χ1) is 29.0. The van der Waals surface area contributed by atoms with Crippen LogP contribution in [0.1, 0.15) is 21.9 Å². The molecule has 0 spiro atoms. The molecule has 0 unspecified atom stereocenters. The average molecular weight is 589 g/mol. The smallest absolute Gasteiger partial charge is 0.136 e. The van der Waals surface area contributed by atoms with Crippen LogP contribution in [-0.2, 0) is 0 Å². The van der Waals surface area contributed by atoms with Crippen LogP contribution in [0.4, 0.5) is 0 Å². The maximum absolute atomic E-state index is 9.42. The summed E-state index contributed by atoms with van der Waals surface area (Å²) < 4.78 is 144. The normalized spacial score (nSPS) is 16.5. The Hall–Kier alpha value is -5.92. The molecule has 9 aromatic rings. The maximum atomic E-state index is 9.42. The lowest BCUT2D eigenvalue weighted by Crippen LogP contribution is -1.91. The van der Waals surface area contributed by atoms with Gasteiger partial charge in [0.15, 0.2) is 0 Å². The molecular weight excluding hydrogens is 544 g/mol. The molecule has 0 fully saturated rings. The summed E-state index contributed by atoms with van der Waals surface area (Å²) in [4.78, 5) is 0. The van der Waals surface area contributed by atoms with Gasteiger partial charge in [-0.1, -0.05) is 151 Å². The molecule has 0 amide bonds. The standard InChI is InChI=1S/C44H28O/c1-3-12-29(13-4-1)31-22-24-32(25-23-31)42-34-16-7-9-18-36(34)43(37-19-10-8-17-35(37)42)39-20-11-21-40-44(39)38-27-26-33(28-41(38)45-40)30-14-5-2-6-15-30/h1-28H/i1D,2D,3D,4D,5D,6D,11D,12D,13D,14D,15D,20D,21D,26D,27D,28D. The highest BCUT2D eigenvalue weighted by atomic mass is 16.3. The van der Waals surface area contributed by atoms with Gasteiger partial charge in [0.2, 0.25) is 0 Å². The second kappa shape index (κ2) is 10.4. The van der Waals surface area contributed by atoms with Crippen LogP contribution in [0, 0.1) is 0 Å². The third-order valence-corrected chi connectivity index (χ3v) is 7.97. The van der Waals surface area contributed by atoms with Crippen molar-refractivity contribution in [3.8, 4) is 44.5 Å². The van der Waals surface area contributed by atoms with Crippen molar-refractivity contribution < 1.29 is 26.3 Å². The van der Waals surface area contributed by atoms with Gasteiger partial charge in [0.1, 0.15) is 11.2 Å². The van der Waals surface area contributed by atoms with E-state index >= 15 is 0 Å². The summed E-state index contributed by atoms with van der Waals surface area (Å²) >= 11 is 0. The van der Waals surface area contributed by atoms with E-state index in [0.717, 1.165) is 5.56 Å². The Labute approximate surface area is 284 Å². The van der Waals surface area contributed by atoms with Crippen LogP contribution >= 0.6 is 0 Å². The molecule has 8 aromatic carbocycles. The SMILES string of the molecule is [2H]c1c([2H])c([2H])c(-c2ccc(-c3c4ccccc4c(-c4c([2H])c([2H])c([2H])c5oc6c([2H])c(-c7c([2H])c([2H])c([2H])c([2H])c7[2H])c([2H])c([2H])c6c45)c4ccccc34)cc2)c([2H])c1[2H]. The molecule has 210 valence electrons. The van der Waals surface area contributed by atoms with Gasteiger partial charge in [-0.15, -0.1) is 0 Å². The Bertz CT molecular complexity index is 3310. The van der Waals surface area contributed by atoms with E-state index in [1.165, 1.54) is 0 Å². The fourth-order valence-electron chi connectivity index (χ4n) is 6.04. The van der Waals surface area contributed by atoms with E-state index in [1.807, 2.05) is 36.4 Å². The van der Waals surface area contributed by atoms with E-state index in [0.29, 0.717) is 38.2 Å². The van der Waals surface area contributed by atoms with Gasteiger partial charge < -0.3 is 4.42 Å². The van der Waals surface area contributed by atoms with Crippen LogP contribution in [0.3, 0.4) is 0 Å². The molecule has 9 rings (SSSR count). The topological polar surface area (TPSA) is 13.1 Å². The Morgan fingerprint density at radius 2 is 0.933 bits per heavy atom. The third kappa shape index (κ3) is 4.17. The summed E-state index contributed by atoms with van der Waals surface area (Å²) in [5, 5.41) is 2.53. The molecule has 1 aromatic heterocycles. The Kier molecular flexibility index (Phi) is 3.28. The van der Waals surface area contributed by atoms with Crippen molar-refractivity contribution in [3.05, 3.63) is 169 Å². The van der Waals surface area contributed by atoms with E-state index in [-0.39, 0.29) is 51.2 Å². The van der Waals surface area contributed by atoms with E-state index < -0.39 is 89.7 Å². The summed E-state index contributed by atoms with van der Waals surface area (Å²) in [5.74, 6) is 0. The first-order valence-corrected chi connectivity index (χ1v) is 14.1. The number of benzene rings is 8. The molecule has 0 saturated heterocycles. The predicted octanol–water partition coefficient (Wildman–Crippen LogP) is 12.6. The second-order valence-corrected chi connectivity index (χ2v) is 10.4. The number of furan rings is 1. The lowest BCUT2D eigenvalue weighted by molar-refractivity contribution is 0.669. The predicted molar refractivity (Wildman–Crippen MR) is 190 cm³/mol. The molecular formula is C44H28O. The highest BCUT2D eigenvalue weighted by molar-refractivity contribution is 6.25. The van der Waals surface area contributed by atoms with Crippen LogP contribution in [0.5, 0.6) is 0 Å². The summed E-state index contributed by atoms with van der Waals surface area (Å²) in [6.45, 7) is 0. The van der Waals surface area contributed by atoms with Crippen LogP contribution in [0.25, 0.3) is 88.0 Å². The number of fused-ring (bicyclic) bond motifs is 5. The molecule has 0 radical (unpaired) electrons. The van der Waals surface area contributed by atoms with Crippen LogP contribution < -0.4 is 0 Å². The van der Waals surface area contributed by atoms with Crippen molar-refractivity contribution in [1.82, 2.24) is 0 Å². The molecule has 1 heterocycles. The molecule has 0 aliphatic rings. The zero-order chi connectivity index (χ0) is 43.7. The van der Waals surface area contributed by atoms with Gasteiger partial charge in [-0.05, 0) is 84.2 Å². The molecule has 0 aliphatic heterocycles. The van der Waals surface area contributed by atoms with Gasteiger partial charge >= 0.3 is 0 Å². The minimum Gasteiger partial charge on any atom is -0.456 e. The largest absolute Gasteiger partial charge is 0.456 e. The highest BCUT2D eigenvalue weighted by Gasteiger charge is 2.20. The van der Waals surface area contributed by atoms with Gasteiger partial charge in [0.05, 0.1) is 21.9 Å². The lowest BCUT2D eigenvalue weighted by atomic mass is 9.84. The van der Waals surface area contributed by atoms with Crippen molar-refractivity contribution in [1.29, 1.82) is 0 Å². The average Bonchev–Trinajstić information content (AvgIpc) is 3.67. The Morgan fingerprint density at radius 3 is 1.56 bits per heavy atom. The fourth-order valence-corrected chi connectivity index (χ4v) is 6.04. The molecule has 0 saturated carbocycles. The van der Waals surface area contributed by atoms with Crippen molar-refractivity contribution in [3.63, 3.8) is 0 Å². The van der Waals surface area contributed by atoms with E-state index in [9.17, 15) is 4.11 Å². The molecule has 45 heavy (non-hydrogen) atoms. The quantitative estimate of drug-likeness (QED) is 0.186. The lowest BCUT2D eigenvalue weighted by Gasteiger charge is -2.18. The summed E-state index contributed by atoms with van der Waals surface area (Å²) in [6, 6.07) is 13.1. The first kappa shape index (κ1) is 14.2. The fraction of sp³-hybridized carbons (Fsp3) is 0. The van der Waals surface area contributed by atoms with E-state index in [4.69, 9.17) is 22.2 Å². The van der Waals surface area contributed by atoms with Gasteiger partial charge in [0.25, 0.3) is 0 Å². The molecule has 1 heteroatoms. The van der Waals surface area contributed by atoms with Gasteiger partial charge in [0, 0.05) is 10.8 Å². The molecule has 0 bridgehead atoms. The Morgan fingerprint density at radius 1 is 0.378 bits per heavy atom. The van der Waals surface area contributed by atoms with Crippen LogP contribution in [0.15, 0.2) is 174 Å². The molecule has 1 nitrogen and oxygen atoms in total. The molecule has 0 aliphatic carbocycles. The van der Waals surface area contributed by atoms with Gasteiger partial charge in [-0.2, -0.15) is 0 Å². The highest BCUT2D eigenvalue weighted by Crippen LogP contribution is 2.47. The van der Waals surface area contributed by atoms with Gasteiger partial charge in [-0.25, -0.2) is 0 Å². The minimum atomic E-state index is -0.688. The second-order valence-electron chi connectivity index (χ2n) is 10.4. The van der Waals surface area contributed by atoms with Crippen LogP contribution in [-0.4, -0.2) is 0 Å². The molecule has 0 atom stereocenters. The van der Waals surface area contributed by atoms with E-state index in [1.54, 1.807) is 36.4 Å². The zero-order valence-corrected chi connectivity index (χ0v) is 23.3. The number of hydrogen-bond donors (Lipinski definition) is 0. The van der Waals surface area contributed by atoms with Crippen LogP contribution in [0.2, 0.25) is 0 Å². The number of hydrogen-bond acceptors (Lipinski definition) is 1. The van der Waals surface area contributed by atoms with Crippen molar-refractivity contribution in [2.24, 2.45) is 0 Å². The zero-order valence-electron chi connectivity index (χ0n) is 39.3. The van der Waals surface area contributed by atoms with Crippen molar-refractivity contribution in [2.45, 2.75) is 0 Å². The summed E-state index contributed by atoms with van der Waals surface area (Å²) in [7, 11) is 0. The summed E-state index contributed by atoms with van der Waals surface area (Å²) in [5.41, 5.74) is 1.07. The third-order valence-electron chi connectivity index (χ3n) is 7.97. The van der Waals surface area contributed by atoms with Crippen molar-refractivity contribution in [2.75, 3.05) is 0 Å². The minimum absolute atomic E-state index is 0.0339. The van der Waals surface area contributed by atoms with Crippen molar-refractivity contribution >= 4 is 43.5 Å². The number of rotatable bonds is 4. The summed E-state index contributed by atoms with van der Waals surface area (Å²) in [6.07, 6.45) is 0. The first-order valence-electron chi connectivity index (χ1n) is 22.1.